The fourth-order valence-corrected chi connectivity index (χ4v) is 6.05. The van der Waals surface area contributed by atoms with E-state index in [-0.39, 0.29) is 42.0 Å². The van der Waals surface area contributed by atoms with Crippen LogP contribution in [0.5, 0.6) is 0 Å². The van der Waals surface area contributed by atoms with Crippen LogP contribution in [-0.2, 0) is 42.6 Å². The van der Waals surface area contributed by atoms with Crippen molar-refractivity contribution in [3.63, 3.8) is 0 Å². The van der Waals surface area contributed by atoms with E-state index in [0.717, 1.165) is 30.0 Å². The number of rotatable bonds is 12. The number of aliphatic carboxylic acids is 1. The number of nitrogens with two attached hydrogens (primary N) is 2. The first-order valence-electron chi connectivity index (χ1n) is 11.9. The van der Waals surface area contributed by atoms with Gasteiger partial charge in [-0.15, -0.1) is 11.3 Å². The molecule has 2 atom stereocenters. The Hall–Kier alpha value is -3.45. The number of β-lactam (4-membered cyclic amide) rings is 1. The lowest BCUT2D eigenvalue weighted by Gasteiger charge is -2.43. The largest absolute Gasteiger partial charge is 0.478 e. The number of aromatic nitrogens is 3. The average molecular weight is 583 g/mol. The quantitative estimate of drug-likeness (QED) is 0.0985. The van der Waals surface area contributed by atoms with Crippen molar-refractivity contribution in [2.24, 2.45) is 16.8 Å². The topological polar surface area (TPSA) is 237 Å². The first-order chi connectivity index (χ1) is 18.4. The fourth-order valence-electron chi connectivity index (χ4n) is 4.58. The van der Waals surface area contributed by atoms with Crippen molar-refractivity contribution in [1.82, 2.24) is 24.0 Å². The predicted molar refractivity (Wildman–Crippen MR) is 135 cm³/mol. The Bertz CT molecular complexity index is 1440. The van der Waals surface area contributed by atoms with Gasteiger partial charge in [-0.1, -0.05) is 5.16 Å². The number of nitrogen functional groups attached to an aromatic ring is 1. The van der Waals surface area contributed by atoms with E-state index in [2.05, 4.69) is 20.1 Å². The van der Waals surface area contributed by atoms with Crippen molar-refractivity contribution in [3.05, 3.63) is 29.0 Å². The summed E-state index contributed by atoms with van der Waals surface area (Å²) in [6.07, 6.45) is 3.19. The highest BCUT2D eigenvalue weighted by Gasteiger charge is 2.56. The van der Waals surface area contributed by atoms with Gasteiger partial charge in [-0.2, -0.15) is 13.5 Å². The van der Waals surface area contributed by atoms with Gasteiger partial charge in [-0.25, -0.2) is 14.1 Å². The smallest absolute Gasteiger partial charge is 0.362 e. The molecular weight excluding hydrogens is 556 g/mol. The second-order valence-corrected chi connectivity index (χ2v) is 12.0. The second kappa shape index (κ2) is 9.94. The maximum Gasteiger partial charge on any atom is 0.362 e. The van der Waals surface area contributed by atoms with Gasteiger partial charge >= 0.3 is 16.3 Å². The van der Waals surface area contributed by atoms with Gasteiger partial charge in [-0.05, 0) is 0 Å². The summed E-state index contributed by atoms with van der Waals surface area (Å²) >= 11 is 1.02. The summed E-state index contributed by atoms with van der Waals surface area (Å²) in [5, 5.41) is 18.9. The van der Waals surface area contributed by atoms with E-state index < -0.39 is 51.9 Å². The van der Waals surface area contributed by atoms with Gasteiger partial charge in [0.15, 0.2) is 16.6 Å². The van der Waals surface area contributed by atoms with Crippen molar-refractivity contribution in [2.45, 2.75) is 50.0 Å². The Morgan fingerprint density at radius 3 is 2.59 bits per heavy atom. The zero-order chi connectivity index (χ0) is 28.1. The number of carboxylic acid groups (broad SMARTS) is 1. The summed E-state index contributed by atoms with van der Waals surface area (Å²) in [7, 11) is -4.90. The number of hydrogen-bond donors (Lipinski definition) is 4. The number of likely N-dealkylation sites (tertiary alicyclic amines) is 1. The summed E-state index contributed by atoms with van der Waals surface area (Å²) in [4.78, 5) is 48.8. The molecule has 210 valence electrons. The van der Waals surface area contributed by atoms with Gasteiger partial charge < -0.3 is 21.4 Å². The zero-order valence-corrected chi connectivity index (χ0v) is 22.0. The molecule has 39 heavy (non-hydrogen) atoms. The first kappa shape index (κ1) is 27.1. The van der Waals surface area contributed by atoms with Crippen molar-refractivity contribution in [1.29, 1.82) is 0 Å². The highest BCUT2D eigenvalue weighted by atomic mass is 32.2. The van der Waals surface area contributed by atoms with Crippen LogP contribution < -0.4 is 11.5 Å². The predicted octanol–water partition coefficient (Wildman–Crippen LogP) is -1.31. The first-order valence-corrected chi connectivity index (χ1v) is 14.2. The van der Waals surface area contributed by atoms with E-state index in [4.69, 9.17) is 16.3 Å². The maximum absolute atomic E-state index is 13.3. The highest BCUT2D eigenvalue weighted by Crippen LogP contribution is 2.40. The Kier molecular flexibility index (Phi) is 6.91. The molecule has 0 radical (unpaired) electrons. The summed E-state index contributed by atoms with van der Waals surface area (Å²) in [5.41, 5.74) is 10.5. The minimum Gasteiger partial charge on any atom is -0.478 e. The number of hydrogen-bond acceptors (Lipinski definition) is 13. The number of ketones is 1. The Morgan fingerprint density at radius 1 is 1.31 bits per heavy atom. The normalized spacial score (nSPS) is 23.3. The SMILES string of the molecule is Nc1nc(/C(=N/OC2(C(=O)O)CC2)C(=O)C[C@@H]2C(=O)N(S(=O)(=O)O)[C@@H]2Cn2cc(CN3CC(N)C3)cn2)cs1. The Balaban J connectivity index is 1.34. The Morgan fingerprint density at radius 2 is 2.03 bits per heavy atom. The van der Waals surface area contributed by atoms with Crippen LogP contribution in [0.25, 0.3) is 0 Å². The highest BCUT2D eigenvalue weighted by molar-refractivity contribution is 7.84. The third-order valence-electron chi connectivity index (χ3n) is 6.84. The molecule has 0 spiro atoms. The van der Waals surface area contributed by atoms with Crippen LogP contribution in [0.3, 0.4) is 0 Å². The summed E-state index contributed by atoms with van der Waals surface area (Å²) in [5.74, 6) is -4.09. The number of carboxylic acids is 1. The molecule has 2 saturated heterocycles. The monoisotopic (exact) mass is 582 g/mol. The summed E-state index contributed by atoms with van der Waals surface area (Å²) in [6.45, 7) is 1.97. The lowest BCUT2D eigenvalue weighted by Crippen LogP contribution is -2.64. The molecule has 3 aliphatic rings. The van der Waals surface area contributed by atoms with Gasteiger partial charge in [0.2, 0.25) is 11.5 Å². The number of carbonyl (C=O) groups is 3. The number of Topliss-reactive ketones (excluding diaryl/α,β-unsaturated/α-hetero) is 1. The van der Waals surface area contributed by atoms with Crippen LogP contribution in [0.2, 0.25) is 0 Å². The number of carbonyl (C=O) groups excluding carboxylic acids is 2. The third-order valence-corrected chi connectivity index (χ3v) is 8.46. The molecular formula is C21H26N8O8S2. The molecule has 0 unspecified atom stereocenters. The average Bonchev–Trinajstić information content (AvgIpc) is 3.31. The van der Waals surface area contributed by atoms with Crippen molar-refractivity contribution in [2.75, 3.05) is 18.8 Å². The second-order valence-electron chi connectivity index (χ2n) is 9.84. The van der Waals surface area contributed by atoms with E-state index >= 15 is 0 Å². The third kappa shape index (κ3) is 5.50. The lowest BCUT2D eigenvalue weighted by molar-refractivity contribution is -0.153. The van der Waals surface area contributed by atoms with E-state index in [1.165, 1.54) is 10.1 Å². The molecule has 0 aromatic carbocycles. The maximum atomic E-state index is 13.3. The molecule has 5 rings (SSSR count). The molecule has 3 fully saturated rings. The lowest BCUT2D eigenvalue weighted by atomic mass is 9.84. The number of anilines is 1. The molecule has 1 saturated carbocycles. The van der Waals surface area contributed by atoms with Crippen molar-refractivity contribution < 1.29 is 37.3 Å². The van der Waals surface area contributed by atoms with Crippen LogP contribution in [-0.4, -0.2) is 96.2 Å². The standard InChI is InChI=1S/C21H26N8O8S2/c22-12-7-27(8-12)5-11-4-24-28(6-11)9-15-13(18(31)29(15)39(34,35)36)3-16(30)17(14-10-38-20(23)25-14)26-37-21(1-2-21)19(32)33/h4,6,10,12-13,15H,1-3,5,7-9,22H2,(H2,23,25)(H,32,33)(H,34,35,36)/b26-17-/t13-,15+/m0/s1. The van der Waals surface area contributed by atoms with Gasteiger partial charge in [0.1, 0.15) is 5.69 Å². The van der Waals surface area contributed by atoms with Crippen LogP contribution in [0.4, 0.5) is 5.13 Å². The molecule has 2 aromatic rings. The Labute approximate surface area is 226 Å². The molecule has 16 nitrogen and oxygen atoms in total. The van der Waals surface area contributed by atoms with E-state index in [1.54, 1.807) is 12.4 Å². The molecule has 0 bridgehead atoms. The molecule has 4 heterocycles. The fraction of sp³-hybridized carbons (Fsp3) is 0.524. The summed E-state index contributed by atoms with van der Waals surface area (Å²) in [6, 6.07) is -0.987. The van der Waals surface area contributed by atoms with Crippen LogP contribution in [0, 0.1) is 5.92 Å². The number of oxime groups is 1. The molecule has 1 amide bonds. The van der Waals surface area contributed by atoms with E-state index in [9.17, 15) is 32.5 Å². The summed E-state index contributed by atoms with van der Waals surface area (Å²) < 4.78 is 35.3. The van der Waals surface area contributed by atoms with Crippen LogP contribution in [0.1, 0.15) is 30.5 Å². The van der Waals surface area contributed by atoms with Gasteiger partial charge in [-0.3, -0.25) is 23.7 Å². The minimum absolute atomic E-state index is 0.0288. The van der Waals surface area contributed by atoms with E-state index in [1.807, 2.05) is 0 Å². The number of thiazole rings is 1. The minimum atomic E-state index is -4.90. The zero-order valence-electron chi connectivity index (χ0n) is 20.4. The van der Waals surface area contributed by atoms with Crippen molar-refractivity contribution >= 4 is 50.1 Å². The number of nitrogens with zero attached hydrogens (tertiary/aromatic N) is 6. The van der Waals surface area contributed by atoms with Gasteiger partial charge in [0.25, 0.3) is 0 Å². The van der Waals surface area contributed by atoms with Crippen LogP contribution in [0.15, 0.2) is 22.9 Å². The van der Waals surface area contributed by atoms with Gasteiger partial charge in [0.05, 0.1) is 24.7 Å². The molecule has 1 aliphatic carbocycles. The molecule has 18 heteroatoms. The molecule has 6 N–H and O–H groups in total. The number of amides is 1. The molecule has 2 aromatic heterocycles. The van der Waals surface area contributed by atoms with E-state index in [0.29, 0.717) is 10.8 Å². The molecule has 2 aliphatic heterocycles. The van der Waals surface area contributed by atoms with Crippen molar-refractivity contribution in [3.8, 4) is 0 Å². The van der Waals surface area contributed by atoms with Gasteiger partial charge in [0, 0.05) is 62.1 Å². The van der Waals surface area contributed by atoms with Crippen LogP contribution >= 0.6 is 11.3 Å².